The Bertz CT molecular complexity index is 7060. The van der Waals surface area contributed by atoms with Crippen LogP contribution in [0.3, 0.4) is 0 Å². The Morgan fingerprint density at radius 2 is 0.661 bits per heavy atom. The van der Waals surface area contributed by atoms with Gasteiger partial charge in [-0.2, -0.15) is 52.7 Å². The normalized spacial score (nSPS) is 15.9. The van der Waals surface area contributed by atoms with Gasteiger partial charge in [0.15, 0.2) is 0 Å². The van der Waals surface area contributed by atoms with Crippen molar-refractivity contribution in [2.45, 2.75) is 212 Å². The lowest BCUT2D eigenvalue weighted by molar-refractivity contribution is -0.164. The molecule has 17 rings (SSSR count). The van der Waals surface area contributed by atoms with E-state index in [0.29, 0.717) is 213 Å². The molecule has 0 amide bonds. The first-order valence-electron chi connectivity index (χ1n) is 44.0. The maximum Gasteiger partial charge on any atom is 0.417 e. The van der Waals surface area contributed by atoms with E-state index < -0.39 is 58.6 Å². The van der Waals surface area contributed by atoms with Crippen molar-refractivity contribution in [3.8, 4) is 66.8 Å². The van der Waals surface area contributed by atoms with E-state index in [-0.39, 0.29) is 33.4 Å². The summed E-state index contributed by atoms with van der Waals surface area (Å²) < 4.78 is 193. The number of H-pyrrole nitrogens is 4. The van der Waals surface area contributed by atoms with Gasteiger partial charge in [-0.3, -0.25) is 0 Å². The molecule has 8 nitrogen and oxygen atoms in total. The highest BCUT2D eigenvalue weighted by Gasteiger charge is 2.47. The van der Waals surface area contributed by atoms with E-state index in [1.165, 1.54) is 48.6 Å². The fourth-order valence-electron chi connectivity index (χ4n) is 21.6. The maximum atomic E-state index is 16.1. The Hall–Kier alpha value is -12.1. The van der Waals surface area contributed by atoms with Crippen LogP contribution in [0.25, 0.3) is 155 Å². The number of benzene rings is 5. The van der Waals surface area contributed by atoms with Crippen LogP contribution in [0.1, 0.15) is 252 Å². The number of aromatic amines is 4. The molecule has 5 aromatic carbocycles. The molecular weight excluding hydrogens is 1630 g/mol. The summed E-state index contributed by atoms with van der Waals surface area (Å²) in [4.78, 5) is 37.4. The van der Waals surface area contributed by atoms with Crippen LogP contribution >= 0.6 is 0 Å². The molecule has 6 aromatic heterocycles. The summed E-state index contributed by atoms with van der Waals surface area (Å²) in [5, 5.41) is 0. The molecule has 0 spiro atoms. The molecule has 0 saturated heterocycles. The quantitative estimate of drug-likeness (QED) is 0.0812. The van der Waals surface area contributed by atoms with Crippen LogP contribution in [-0.2, 0) is 49.6 Å². The first-order valence-corrected chi connectivity index (χ1v) is 44.0. The maximum absolute atomic E-state index is 16.1. The van der Waals surface area contributed by atoms with E-state index in [2.05, 4.69) is 58.0 Å². The summed E-state index contributed by atoms with van der Waals surface area (Å²) >= 11 is 0. The second-order valence-electron chi connectivity index (χ2n) is 34.8. The summed E-state index contributed by atoms with van der Waals surface area (Å²) in [5.74, 6) is -3.25. The molecule has 11 aromatic rings. The lowest BCUT2D eigenvalue weighted by Gasteiger charge is -2.28. The summed E-state index contributed by atoms with van der Waals surface area (Å²) in [6, 6.07) is 32.8. The number of fused-ring (bicyclic) bond motifs is 19. The van der Waals surface area contributed by atoms with Gasteiger partial charge >= 0.3 is 24.7 Å². The highest BCUT2D eigenvalue weighted by atomic mass is 19.4. The number of hydrogen-bond acceptors (Lipinski definition) is 4. The Balaban J connectivity index is 1.01. The number of allylic oxidation sites excluding steroid dienone is 12. The summed E-state index contributed by atoms with van der Waals surface area (Å²) in [7, 11) is 0. The lowest BCUT2D eigenvalue weighted by Crippen LogP contribution is -2.28. The third-order valence-corrected chi connectivity index (χ3v) is 27.9. The van der Waals surface area contributed by atoms with Crippen molar-refractivity contribution in [3.05, 3.63) is 269 Å². The summed E-state index contributed by atoms with van der Waals surface area (Å²) in [6.45, 7) is 35.3. The van der Waals surface area contributed by atoms with Gasteiger partial charge in [0.05, 0.1) is 95.7 Å². The minimum Gasteiger partial charge on any atom is -0.354 e. The van der Waals surface area contributed by atoms with Crippen molar-refractivity contribution in [2.75, 3.05) is 0 Å². The lowest BCUT2D eigenvalue weighted by atomic mass is 9.80. The largest absolute Gasteiger partial charge is 0.417 e. The molecule has 652 valence electrons. The molecule has 0 radical (unpaired) electrons. The molecule has 16 bridgehead atoms. The number of nitrogens with one attached hydrogen (secondary N) is 4. The van der Waals surface area contributed by atoms with Crippen LogP contribution in [0, 0.1) is 33.6 Å². The Kier molecular flexibility index (Phi) is 21.8. The zero-order chi connectivity index (χ0) is 90.8. The molecule has 127 heavy (non-hydrogen) atoms. The SMILES string of the molecule is CCC1=C(C)c2nc1cc1[nH]c(c(C)c1CC)c(-c1ccccc1C(F)(F)F)c1nc(c(-c3ccc4c(c3)C(C)(C)c3cc(-c5c6nc(c(-c7ccccc7C(F)(F)F)c7[nH]c(cc8nc(c(C9C=CC=CC9C(F)(F)F)c9[nH]c5c(CC)c9C)C(C)=C8CC)c(CC)c7C)C(C)=C6CC)ccc3-4)c3[nH]c(c(C)c3CC)c2-c2ccccc2C(F)(F)F)C(CC)=C1C. The predicted octanol–water partition coefficient (Wildman–Crippen LogP) is 31.9. The van der Waals surface area contributed by atoms with Crippen LogP contribution in [-0.4, -0.2) is 46.0 Å². The minimum absolute atomic E-state index is 0.0937. The van der Waals surface area contributed by atoms with Gasteiger partial charge in [-0.1, -0.05) is 172 Å². The second-order valence-corrected chi connectivity index (χ2v) is 34.8. The van der Waals surface area contributed by atoms with Gasteiger partial charge in [0.2, 0.25) is 0 Å². The van der Waals surface area contributed by atoms with Gasteiger partial charge in [-0.25, -0.2) is 19.9 Å². The number of nitrogens with zero attached hydrogens (tertiary/aromatic N) is 4. The van der Waals surface area contributed by atoms with Crippen LogP contribution in [0.2, 0.25) is 0 Å². The Labute approximate surface area is 731 Å². The van der Waals surface area contributed by atoms with Crippen LogP contribution < -0.4 is 0 Å². The number of alkyl halides is 12. The molecular formula is C107H100F12N8. The average Bonchev–Trinajstić information content (AvgIpc) is 1.56. The van der Waals surface area contributed by atoms with Gasteiger partial charge in [0.1, 0.15) is 0 Å². The van der Waals surface area contributed by atoms with Crippen LogP contribution in [0.4, 0.5) is 52.7 Å². The van der Waals surface area contributed by atoms with Gasteiger partial charge in [-0.15, -0.1) is 0 Å². The first-order chi connectivity index (χ1) is 60.3. The van der Waals surface area contributed by atoms with E-state index in [1.807, 2.05) is 135 Å². The summed E-state index contributed by atoms with van der Waals surface area (Å²) in [6.07, 6.45) is -10.2. The third-order valence-electron chi connectivity index (χ3n) is 27.9. The highest BCUT2D eigenvalue weighted by Crippen LogP contribution is 2.58. The molecule has 0 fully saturated rings. The fourth-order valence-corrected chi connectivity index (χ4v) is 21.6. The molecule has 10 heterocycles. The minimum atomic E-state index is -4.83. The molecule has 20 heteroatoms. The predicted molar refractivity (Wildman–Crippen MR) is 493 cm³/mol. The smallest absolute Gasteiger partial charge is 0.354 e. The van der Waals surface area contributed by atoms with Crippen molar-refractivity contribution in [2.24, 2.45) is 5.92 Å². The van der Waals surface area contributed by atoms with E-state index in [0.717, 1.165) is 85.0 Å². The fraction of sp³-hybridized carbons (Fsp3) is 0.308. The zero-order valence-corrected chi connectivity index (χ0v) is 74.5. The molecule has 4 N–H and O–H groups in total. The third kappa shape index (κ3) is 13.8. The number of halogens is 12. The van der Waals surface area contributed by atoms with Crippen molar-refractivity contribution in [1.82, 2.24) is 39.9 Å². The Morgan fingerprint density at radius 3 is 1.05 bits per heavy atom. The molecule has 0 saturated carbocycles. The van der Waals surface area contributed by atoms with Crippen LogP contribution in [0.15, 0.2) is 146 Å². The molecule has 4 aliphatic heterocycles. The van der Waals surface area contributed by atoms with E-state index in [9.17, 15) is 0 Å². The van der Waals surface area contributed by atoms with Crippen molar-refractivity contribution < 1.29 is 52.7 Å². The standard InChI is InChI=1S/C107H100F12N8/c1-19-61-51(9)91-87(71-35-27-31-39-75(71)104(108,109)110)95-55(13)65(23-5)99(124-95)85(100-66(24-6)56(14)96(125-100)88(72-36-28-32-40-76(72)105(111,112)113)92-52(10)62(20-2)82(121-92)49-81(61)120-91)59-43-45-69-70-46-44-60(48-80(70)103(17,18)79(69)47-59)86-101-67(25-7)57(15)97(126-101)89(73-37-29-33-41-77(73)106(114,115)116)93-53(11)63(21-3)83(122-93)50-84-64(22-4)54(12)94(123-84)90(98-58(16)68(26-8)102(86)127-98)74-38-30-34-42-78(74)107(117,118)119/h27-50,71,75,121-122,124,127H,19-26H2,1-18H3. The second kappa shape index (κ2) is 31.8. The number of aromatic nitrogens is 8. The van der Waals surface area contributed by atoms with Gasteiger partial charge in [0.25, 0.3) is 0 Å². The average molecular weight is 1730 g/mol. The first kappa shape index (κ1) is 87.0. The van der Waals surface area contributed by atoms with Gasteiger partial charge in [0, 0.05) is 61.3 Å². The van der Waals surface area contributed by atoms with E-state index in [1.54, 1.807) is 30.4 Å². The van der Waals surface area contributed by atoms with Crippen molar-refractivity contribution >= 4 is 88.7 Å². The van der Waals surface area contributed by atoms with E-state index >= 15 is 52.7 Å². The topological polar surface area (TPSA) is 115 Å². The Morgan fingerprint density at radius 1 is 0.323 bits per heavy atom. The molecule has 6 aliphatic rings. The number of aryl methyl sites for hydroxylation is 8. The molecule has 2 atom stereocenters. The number of rotatable bonds is 14. The highest BCUT2D eigenvalue weighted by molar-refractivity contribution is 6.10. The van der Waals surface area contributed by atoms with E-state index in [4.69, 9.17) is 19.9 Å². The molecule has 2 unspecified atom stereocenters. The molecule has 2 aliphatic carbocycles. The zero-order valence-electron chi connectivity index (χ0n) is 74.5. The van der Waals surface area contributed by atoms with Crippen molar-refractivity contribution in [1.29, 1.82) is 0 Å². The number of hydrogen-bond donors (Lipinski definition) is 4. The monoisotopic (exact) mass is 1720 g/mol. The van der Waals surface area contributed by atoms with Gasteiger partial charge in [-0.05, 0) is 288 Å². The van der Waals surface area contributed by atoms with Crippen LogP contribution in [0.5, 0.6) is 0 Å². The summed E-state index contributed by atoms with van der Waals surface area (Å²) in [5.41, 5.74) is 21.4. The van der Waals surface area contributed by atoms with Gasteiger partial charge < -0.3 is 19.9 Å². The van der Waals surface area contributed by atoms with Crippen molar-refractivity contribution in [3.63, 3.8) is 0 Å².